The summed E-state index contributed by atoms with van der Waals surface area (Å²) < 4.78 is 1.91. The van der Waals surface area contributed by atoms with Crippen molar-refractivity contribution in [1.29, 1.82) is 0 Å². The lowest BCUT2D eigenvalue weighted by Crippen LogP contribution is -2.31. The normalized spacial score (nSPS) is 10.9. The lowest BCUT2D eigenvalue weighted by Gasteiger charge is -2.17. The number of carbonyl (C=O) groups excluding carboxylic acids is 1. The van der Waals surface area contributed by atoms with E-state index < -0.39 is 0 Å². The van der Waals surface area contributed by atoms with Gasteiger partial charge in [0.2, 0.25) is 0 Å². The van der Waals surface area contributed by atoms with Crippen LogP contribution < -0.4 is 10.6 Å². The molecule has 120 valence electrons. The molecule has 0 aliphatic rings. The van der Waals surface area contributed by atoms with Crippen molar-refractivity contribution in [2.75, 3.05) is 11.9 Å². The van der Waals surface area contributed by atoms with Gasteiger partial charge in [0, 0.05) is 24.4 Å². The lowest BCUT2D eigenvalue weighted by molar-refractivity contribution is 0.252. The zero-order valence-corrected chi connectivity index (χ0v) is 14.1. The van der Waals surface area contributed by atoms with Crippen LogP contribution in [0.4, 0.5) is 10.6 Å². The van der Waals surface area contributed by atoms with Crippen LogP contribution in [0.15, 0.2) is 17.0 Å². The number of nitrogens with zero attached hydrogens (tertiary/aromatic N) is 3. The van der Waals surface area contributed by atoms with E-state index in [0.717, 1.165) is 36.5 Å². The molecule has 0 aliphatic carbocycles. The molecule has 0 aromatic carbocycles. The number of urea groups is 1. The molecule has 0 fully saturated rings. The number of thiazole rings is 1. The number of amides is 2. The van der Waals surface area contributed by atoms with Crippen molar-refractivity contribution >= 4 is 23.2 Å². The monoisotopic (exact) mass is 321 g/mol. The Hall–Kier alpha value is -1.89. The Labute approximate surface area is 135 Å². The van der Waals surface area contributed by atoms with Gasteiger partial charge in [0.1, 0.15) is 5.82 Å². The molecule has 2 aromatic heterocycles. The zero-order chi connectivity index (χ0) is 15.9. The van der Waals surface area contributed by atoms with E-state index in [-0.39, 0.29) is 6.03 Å². The van der Waals surface area contributed by atoms with Gasteiger partial charge < -0.3 is 5.32 Å². The minimum Gasteiger partial charge on any atom is -0.337 e. The van der Waals surface area contributed by atoms with Gasteiger partial charge in [-0.25, -0.2) is 14.5 Å². The van der Waals surface area contributed by atoms with E-state index in [1.807, 2.05) is 23.1 Å². The Kier molecular flexibility index (Phi) is 5.94. The van der Waals surface area contributed by atoms with E-state index in [9.17, 15) is 4.79 Å². The second-order valence-electron chi connectivity index (χ2n) is 5.20. The number of carbonyl (C=O) groups is 1. The average Bonchev–Trinajstić information content (AvgIpc) is 3.11. The van der Waals surface area contributed by atoms with Crippen molar-refractivity contribution in [2.45, 2.75) is 46.1 Å². The van der Waals surface area contributed by atoms with Crippen LogP contribution in [0.25, 0.3) is 0 Å². The molecule has 2 rings (SSSR count). The maximum atomic E-state index is 12.0. The molecule has 22 heavy (non-hydrogen) atoms. The molecule has 0 atom stereocenters. The number of nitrogens with one attached hydrogen (secondary N) is 2. The summed E-state index contributed by atoms with van der Waals surface area (Å²) in [5.41, 5.74) is 3.71. The van der Waals surface area contributed by atoms with Gasteiger partial charge in [0.15, 0.2) is 0 Å². The van der Waals surface area contributed by atoms with E-state index in [4.69, 9.17) is 0 Å². The fourth-order valence-electron chi connectivity index (χ4n) is 2.35. The van der Waals surface area contributed by atoms with Crippen LogP contribution in [0.1, 0.15) is 44.1 Å². The fraction of sp³-hybridized carbons (Fsp3) is 0.533. The first kappa shape index (κ1) is 16.5. The summed E-state index contributed by atoms with van der Waals surface area (Å²) in [7, 11) is 0. The molecule has 0 saturated carbocycles. The number of anilines is 1. The Bertz CT molecular complexity index is 589. The Morgan fingerprint density at radius 2 is 2.18 bits per heavy atom. The first-order valence-electron chi connectivity index (χ1n) is 7.62. The van der Waals surface area contributed by atoms with E-state index in [0.29, 0.717) is 12.6 Å². The Morgan fingerprint density at radius 1 is 1.41 bits per heavy atom. The van der Waals surface area contributed by atoms with Gasteiger partial charge in [-0.05, 0) is 19.8 Å². The lowest BCUT2D eigenvalue weighted by atomic mass is 10.2. The first-order chi connectivity index (χ1) is 10.6. The topological polar surface area (TPSA) is 71.8 Å². The molecule has 2 heterocycles. The number of aromatic nitrogens is 3. The van der Waals surface area contributed by atoms with Crippen LogP contribution in [0, 0.1) is 6.92 Å². The predicted octanol–water partition coefficient (Wildman–Crippen LogP) is 3.37. The van der Waals surface area contributed by atoms with Crippen LogP contribution in [0.3, 0.4) is 0 Å². The van der Waals surface area contributed by atoms with E-state index in [1.54, 1.807) is 16.8 Å². The Morgan fingerprint density at radius 3 is 2.82 bits per heavy atom. The van der Waals surface area contributed by atoms with E-state index >= 15 is 0 Å². The average molecular weight is 321 g/mol. The second-order valence-corrected chi connectivity index (χ2v) is 5.92. The van der Waals surface area contributed by atoms with Gasteiger partial charge in [-0.15, -0.1) is 11.3 Å². The predicted molar refractivity (Wildman–Crippen MR) is 89.4 cm³/mol. The smallest absolute Gasteiger partial charge is 0.320 e. The molecule has 6 nitrogen and oxygen atoms in total. The second kappa shape index (κ2) is 7.93. The molecule has 2 amide bonds. The molecule has 7 heteroatoms. The highest BCUT2D eigenvalue weighted by Gasteiger charge is 2.14. The largest absolute Gasteiger partial charge is 0.337 e. The molecule has 0 spiro atoms. The minimum absolute atomic E-state index is 0.206. The number of rotatable bonds is 7. The van der Waals surface area contributed by atoms with Crippen molar-refractivity contribution in [3.8, 4) is 0 Å². The van der Waals surface area contributed by atoms with Crippen LogP contribution in [0.2, 0.25) is 0 Å². The van der Waals surface area contributed by atoms with Crippen molar-refractivity contribution in [1.82, 2.24) is 20.1 Å². The summed E-state index contributed by atoms with van der Waals surface area (Å²) in [5, 5.41) is 12.2. The third-order valence-electron chi connectivity index (χ3n) is 3.54. The van der Waals surface area contributed by atoms with Gasteiger partial charge in [0.25, 0.3) is 0 Å². The standard InChI is InChI=1S/C15H23N5OS/c1-4-13(5-2)20-14(8-11(3)19-20)18-15(21)16-7-6-12-9-22-10-17-12/h8-10,13H,4-7H2,1-3H3,(H2,16,18,21). The molecule has 0 radical (unpaired) electrons. The van der Waals surface area contributed by atoms with Gasteiger partial charge >= 0.3 is 6.03 Å². The van der Waals surface area contributed by atoms with Crippen LogP contribution >= 0.6 is 11.3 Å². The minimum atomic E-state index is -0.206. The summed E-state index contributed by atoms with van der Waals surface area (Å²) in [6.07, 6.45) is 2.71. The molecule has 0 saturated heterocycles. The highest BCUT2D eigenvalue weighted by atomic mass is 32.1. The highest BCUT2D eigenvalue weighted by Crippen LogP contribution is 2.21. The number of hydrogen-bond acceptors (Lipinski definition) is 4. The molecule has 0 bridgehead atoms. The van der Waals surface area contributed by atoms with Crippen molar-refractivity contribution < 1.29 is 4.79 Å². The van der Waals surface area contributed by atoms with Gasteiger partial charge in [-0.1, -0.05) is 13.8 Å². The van der Waals surface area contributed by atoms with Crippen molar-refractivity contribution in [3.63, 3.8) is 0 Å². The molecular weight excluding hydrogens is 298 g/mol. The summed E-state index contributed by atoms with van der Waals surface area (Å²) in [5.74, 6) is 0.748. The molecule has 2 N–H and O–H groups in total. The van der Waals surface area contributed by atoms with Crippen molar-refractivity contribution in [2.24, 2.45) is 0 Å². The highest BCUT2D eigenvalue weighted by molar-refractivity contribution is 7.07. The van der Waals surface area contributed by atoms with Crippen LogP contribution in [-0.2, 0) is 6.42 Å². The fourth-order valence-corrected chi connectivity index (χ4v) is 2.94. The van der Waals surface area contributed by atoms with Gasteiger partial charge in [0.05, 0.1) is 22.9 Å². The Balaban J connectivity index is 1.90. The molecule has 0 aliphatic heterocycles. The van der Waals surface area contributed by atoms with E-state index in [2.05, 4.69) is 34.6 Å². The molecular formula is C15H23N5OS. The molecule has 2 aromatic rings. The quantitative estimate of drug-likeness (QED) is 0.821. The number of aryl methyl sites for hydroxylation is 1. The SMILES string of the molecule is CCC(CC)n1nc(C)cc1NC(=O)NCCc1cscn1. The van der Waals surface area contributed by atoms with Gasteiger partial charge in [-0.2, -0.15) is 5.10 Å². The van der Waals surface area contributed by atoms with E-state index in [1.165, 1.54) is 0 Å². The van der Waals surface area contributed by atoms with Crippen molar-refractivity contribution in [3.05, 3.63) is 28.3 Å². The third kappa shape index (κ3) is 4.30. The van der Waals surface area contributed by atoms with Crippen LogP contribution in [-0.4, -0.2) is 27.3 Å². The zero-order valence-electron chi connectivity index (χ0n) is 13.3. The van der Waals surface area contributed by atoms with Gasteiger partial charge in [-0.3, -0.25) is 5.32 Å². The first-order valence-corrected chi connectivity index (χ1v) is 8.56. The molecule has 0 unspecified atom stereocenters. The van der Waals surface area contributed by atoms with Crippen LogP contribution in [0.5, 0.6) is 0 Å². The number of hydrogen-bond donors (Lipinski definition) is 2. The summed E-state index contributed by atoms with van der Waals surface area (Å²) in [6, 6.07) is 2.00. The summed E-state index contributed by atoms with van der Waals surface area (Å²) >= 11 is 1.56. The third-order valence-corrected chi connectivity index (χ3v) is 4.17. The maximum absolute atomic E-state index is 12.0. The maximum Gasteiger partial charge on any atom is 0.320 e. The summed E-state index contributed by atoms with van der Waals surface area (Å²) in [4.78, 5) is 16.2. The summed E-state index contributed by atoms with van der Waals surface area (Å²) in [6.45, 7) is 6.75.